The number of nitrogens with two attached hydrogens (primary N) is 1. The summed E-state index contributed by atoms with van der Waals surface area (Å²) in [6.07, 6.45) is 3.80. The lowest BCUT2D eigenvalue weighted by Gasteiger charge is -2.01. The standard InChI is InChI=1S/C9H13N5S/c10-5-1-2-6-15-9-13-12-8(14(9)11)7-3-4-7/h7H,1-4,6,11H2. The highest BCUT2D eigenvalue weighted by Gasteiger charge is 2.29. The van der Waals surface area contributed by atoms with Crippen molar-refractivity contribution >= 4 is 11.8 Å². The molecule has 0 radical (unpaired) electrons. The molecule has 0 aromatic carbocycles. The molecule has 1 aliphatic rings. The van der Waals surface area contributed by atoms with E-state index in [1.54, 1.807) is 16.4 Å². The van der Waals surface area contributed by atoms with Gasteiger partial charge in [-0.25, -0.2) is 4.68 Å². The third-order valence-corrected chi connectivity index (χ3v) is 3.33. The summed E-state index contributed by atoms with van der Waals surface area (Å²) in [5.74, 6) is 8.16. The Morgan fingerprint density at radius 3 is 3.00 bits per heavy atom. The van der Waals surface area contributed by atoms with E-state index < -0.39 is 0 Å². The molecule has 0 bridgehead atoms. The average Bonchev–Trinajstić information content (AvgIpc) is 3.00. The van der Waals surface area contributed by atoms with Crippen molar-refractivity contribution < 1.29 is 0 Å². The van der Waals surface area contributed by atoms with E-state index in [1.165, 1.54) is 12.8 Å². The van der Waals surface area contributed by atoms with Crippen LogP contribution in [0, 0.1) is 11.3 Å². The molecule has 1 aliphatic carbocycles. The zero-order chi connectivity index (χ0) is 10.7. The quantitative estimate of drug-likeness (QED) is 0.462. The van der Waals surface area contributed by atoms with Gasteiger partial charge in [0.15, 0.2) is 5.82 Å². The first-order valence-corrected chi connectivity index (χ1v) is 6.01. The number of aromatic nitrogens is 3. The molecule has 0 aliphatic heterocycles. The van der Waals surface area contributed by atoms with Gasteiger partial charge in [-0.05, 0) is 19.3 Å². The van der Waals surface area contributed by atoms with Crippen molar-refractivity contribution in [3.63, 3.8) is 0 Å². The van der Waals surface area contributed by atoms with Crippen molar-refractivity contribution in [1.29, 1.82) is 5.26 Å². The van der Waals surface area contributed by atoms with Crippen molar-refractivity contribution in [2.45, 2.75) is 36.8 Å². The monoisotopic (exact) mass is 223 g/mol. The Morgan fingerprint density at radius 2 is 2.33 bits per heavy atom. The fourth-order valence-corrected chi connectivity index (χ4v) is 2.12. The molecule has 15 heavy (non-hydrogen) atoms. The van der Waals surface area contributed by atoms with Crippen molar-refractivity contribution in [3.05, 3.63) is 5.82 Å². The number of rotatable bonds is 5. The van der Waals surface area contributed by atoms with Gasteiger partial charge < -0.3 is 5.84 Å². The van der Waals surface area contributed by atoms with Crippen LogP contribution < -0.4 is 5.84 Å². The molecule has 5 nitrogen and oxygen atoms in total. The number of nitrogens with zero attached hydrogens (tertiary/aromatic N) is 4. The van der Waals surface area contributed by atoms with Gasteiger partial charge in [0.05, 0.1) is 6.07 Å². The van der Waals surface area contributed by atoms with Gasteiger partial charge in [0.25, 0.3) is 0 Å². The SMILES string of the molecule is N#CCCCSc1nnc(C2CC2)n1N. The Balaban J connectivity index is 1.88. The molecular weight excluding hydrogens is 210 g/mol. The van der Waals surface area contributed by atoms with Crippen LogP contribution in [0.25, 0.3) is 0 Å². The summed E-state index contributed by atoms with van der Waals surface area (Å²) in [6, 6.07) is 2.11. The lowest BCUT2D eigenvalue weighted by molar-refractivity contribution is 0.789. The van der Waals surface area contributed by atoms with Crippen LogP contribution in [0.3, 0.4) is 0 Å². The molecule has 2 rings (SSSR count). The molecule has 2 N–H and O–H groups in total. The van der Waals surface area contributed by atoms with Crippen molar-refractivity contribution in [2.75, 3.05) is 11.6 Å². The van der Waals surface area contributed by atoms with Crippen LogP contribution in [0.15, 0.2) is 5.16 Å². The lowest BCUT2D eigenvalue weighted by Crippen LogP contribution is -2.13. The Hall–Kier alpha value is -1.22. The maximum absolute atomic E-state index is 8.39. The van der Waals surface area contributed by atoms with Crippen molar-refractivity contribution in [2.24, 2.45) is 0 Å². The second-order valence-electron chi connectivity index (χ2n) is 3.60. The predicted octanol–water partition coefficient (Wildman–Crippen LogP) is 1.27. The zero-order valence-corrected chi connectivity index (χ0v) is 9.20. The highest BCUT2D eigenvalue weighted by molar-refractivity contribution is 7.99. The number of unbranched alkanes of at least 4 members (excludes halogenated alkanes) is 1. The van der Waals surface area contributed by atoms with E-state index >= 15 is 0 Å². The minimum Gasteiger partial charge on any atom is -0.336 e. The maximum Gasteiger partial charge on any atom is 0.209 e. The molecule has 0 spiro atoms. The van der Waals surface area contributed by atoms with Crippen LogP contribution in [0.2, 0.25) is 0 Å². The molecule has 0 saturated heterocycles. The first-order valence-electron chi connectivity index (χ1n) is 5.03. The summed E-state index contributed by atoms with van der Waals surface area (Å²) in [7, 11) is 0. The fraction of sp³-hybridized carbons (Fsp3) is 0.667. The predicted molar refractivity (Wildman–Crippen MR) is 57.7 cm³/mol. The van der Waals surface area contributed by atoms with Crippen LogP contribution in [-0.2, 0) is 0 Å². The van der Waals surface area contributed by atoms with E-state index in [4.69, 9.17) is 11.1 Å². The summed E-state index contributed by atoms with van der Waals surface area (Å²) in [6.45, 7) is 0. The van der Waals surface area contributed by atoms with Crippen LogP contribution in [0.1, 0.15) is 37.4 Å². The van der Waals surface area contributed by atoms with Gasteiger partial charge >= 0.3 is 0 Å². The Bertz CT molecular complexity index is 376. The zero-order valence-electron chi connectivity index (χ0n) is 8.39. The van der Waals surface area contributed by atoms with Gasteiger partial charge in [0.2, 0.25) is 5.16 Å². The van der Waals surface area contributed by atoms with E-state index in [9.17, 15) is 0 Å². The van der Waals surface area contributed by atoms with E-state index in [-0.39, 0.29) is 0 Å². The Labute approximate surface area is 92.6 Å². The molecule has 1 heterocycles. The second-order valence-corrected chi connectivity index (χ2v) is 4.66. The Kier molecular flexibility index (Phi) is 3.11. The molecule has 0 atom stereocenters. The summed E-state index contributed by atoms with van der Waals surface area (Å²) >= 11 is 1.57. The summed E-state index contributed by atoms with van der Waals surface area (Å²) in [4.78, 5) is 0. The number of nitriles is 1. The number of nitrogen functional groups attached to an aromatic ring is 1. The molecule has 0 amide bonds. The minimum atomic E-state index is 0.524. The summed E-state index contributed by atoms with van der Waals surface area (Å²) < 4.78 is 1.59. The van der Waals surface area contributed by atoms with Gasteiger partial charge in [0.1, 0.15) is 0 Å². The second kappa shape index (κ2) is 4.53. The van der Waals surface area contributed by atoms with E-state index in [1.807, 2.05) is 0 Å². The van der Waals surface area contributed by atoms with Gasteiger partial charge in [0, 0.05) is 18.1 Å². The molecular formula is C9H13N5S. The smallest absolute Gasteiger partial charge is 0.209 e. The van der Waals surface area contributed by atoms with E-state index in [0.29, 0.717) is 12.3 Å². The minimum absolute atomic E-state index is 0.524. The maximum atomic E-state index is 8.39. The van der Waals surface area contributed by atoms with E-state index in [0.717, 1.165) is 23.2 Å². The topological polar surface area (TPSA) is 80.5 Å². The van der Waals surface area contributed by atoms with E-state index in [2.05, 4.69) is 16.3 Å². The van der Waals surface area contributed by atoms with Crippen molar-refractivity contribution in [3.8, 4) is 6.07 Å². The molecule has 1 aromatic heterocycles. The molecule has 1 fully saturated rings. The van der Waals surface area contributed by atoms with Gasteiger partial charge in [-0.1, -0.05) is 11.8 Å². The summed E-state index contributed by atoms with van der Waals surface area (Å²) in [5, 5.41) is 17.3. The number of hydrogen-bond donors (Lipinski definition) is 1. The third-order valence-electron chi connectivity index (χ3n) is 2.30. The molecule has 1 aromatic rings. The Morgan fingerprint density at radius 1 is 1.53 bits per heavy atom. The van der Waals surface area contributed by atoms with Crippen LogP contribution in [-0.4, -0.2) is 20.6 Å². The number of hydrogen-bond acceptors (Lipinski definition) is 5. The van der Waals surface area contributed by atoms with Crippen molar-refractivity contribution in [1.82, 2.24) is 14.9 Å². The number of thioether (sulfide) groups is 1. The fourth-order valence-electron chi connectivity index (χ4n) is 1.32. The van der Waals surface area contributed by atoms with Gasteiger partial charge in [-0.15, -0.1) is 10.2 Å². The van der Waals surface area contributed by atoms with Crippen LogP contribution in [0.4, 0.5) is 0 Å². The highest BCUT2D eigenvalue weighted by Crippen LogP contribution is 2.39. The average molecular weight is 223 g/mol. The van der Waals surface area contributed by atoms with Crippen LogP contribution in [0.5, 0.6) is 0 Å². The first kappa shape index (κ1) is 10.3. The molecule has 6 heteroatoms. The van der Waals surface area contributed by atoms with Gasteiger partial charge in [-0.2, -0.15) is 5.26 Å². The van der Waals surface area contributed by atoms with Crippen LogP contribution >= 0.6 is 11.8 Å². The molecule has 0 unspecified atom stereocenters. The van der Waals surface area contributed by atoms with Gasteiger partial charge in [-0.3, -0.25) is 0 Å². The molecule has 80 valence electrons. The highest BCUT2D eigenvalue weighted by atomic mass is 32.2. The summed E-state index contributed by atoms with van der Waals surface area (Å²) in [5.41, 5.74) is 0. The first-order chi connectivity index (χ1) is 7.33. The lowest BCUT2D eigenvalue weighted by atomic mass is 10.4. The third kappa shape index (κ3) is 2.42. The molecule has 1 saturated carbocycles. The normalized spacial score (nSPS) is 15.1. The largest absolute Gasteiger partial charge is 0.336 e.